The highest BCUT2D eigenvalue weighted by Crippen LogP contribution is 2.50. The molecule has 2 aliphatic rings. The third kappa shape index (κ3) is 2.30. The summed E-state index contributed by atoms with van der Waals surface area (Å²) in [5.74, 6) is 1.85. The van der Waals surface area contributed by atoms with Crippen LogP contribution in [0.1, 0.15) is 30.5 Å². The van der Waals surface area contributed by atoms with Crippen LogP contribution in [0.5, 0.6) is 17.2 Å². The SMILES string of the molecule is CC[C@@H]([C@H]1c2c(cc3c(c2OC)OCO3)CCN1C)N([O-])O. The van der Waals surface area contributed by atoms with Crippen molar-refractivity contribution in [2.45, 2.75) is 31.8 Å². The molecule has 0 saturated heterocycles. The molecule has 2 heterocycles. The molecule has 0 bridgehead atoms. The summed E-state index contributed by atoms with van der Waals surface area (Å²) in [6, 6.07) is 1.12. The van der Waals surface area contributed by atoms with Crippen LogP contribution >= 0.6 is 0 Å². The second-order valence-corrected chi connectivity index (χ2v) is 5.67. The molecule has 0 spiro atoms. The standard InChI is InChI=1S/C15H21N2O5/c1-4-10(17(18)19)13-12-9(5-6-16(13)2)7-11-14(15(12)20-3)22-8-21-11/h7,10,13,18H,4-6,8H2,1-3H3/q-1/t10-,13-/m0/s1. The molecule has 0 aliphatic carbocycles. The van der Waals surface area contributed by atoms with E-state index in [0.717, 1.165) is 24.1 Å². The van der Waals surface area contributed by atoms with Crippen molar-refractivity contribution in [1.29, 1.82) is 0 Å². The second-order valence-electron chi connectivity index (χ2n) is 5.67. The van der Waals surface area contributed by atoms with E-state index in [1.807, 2.05) is 20.0 Å². The van der Waals surface area contributed by atoms with Gasteiger partial charge in [-0.3, -0.25) is 10.1 Å². The number of benzene rings is 1. The molecule has 0 saturated carbocycles. The van der Waals surface area contributed by atoms with E-state index in [-0.39, 0.29) is 18.1 Å². The lowest BCUT2D eigenvalue weighted by atomic mass is 9.86. The molecule has 0 fully saturated rings. The van der Waals surface area contributed by atoms with E-state index in [1.165, 1.54) is 0 Å². The predicted octanol–water partition coefficient (Wildman–Crippen LogP) is 1.92. The molecule has 0 amide bonds. The summed E-state index contributed by atoms with van der Waals surface area (Å²) in [5, 5.41) is 21.2. The first-order chi connectivity index (χ1) is 10.6. The van der Waals surface area contributed by atoms with E-state index in [9.17, 15) is 10.4 Å². The van der Waals surface area contributed by atoms with Gasteiger partial charge in [0.2, 0.25) is 12.5 Å². The molecule has 2 atom stereocenters. The van der Waals surface area contributed by atoms with Crippen molar-refractivity contribution in [2.75, 3.05) is 27.5 Å². The van der Waals surface area contributed by atoms with Crippen molar-refractivity contribution >= 4 is 0 Å². The molecule has 7 nitrogen and oxygen atoms in total. The maximum Gasteiger partial charge on any atom is 0.231 e. The number of likely N-dealkylation sites (N-methyl/N-ethyl adjacent to an activating group) is 1. The monoisotopic (exact) mass is 309 g/mol. The van der Waals surface area contributed by atoms with Crippen LogP contribution in [0.2, 0.25) is 0 Å². The van der Waals surface area contributed by atoms with Gasteiger partial charge in [-0.05, 0) is 31.5 Å². The predicted molar refractivity (Wildman–Crippen MR) is 79.3 cm³/mol. The van der Waals surface area contributed by atoms with Gasteiger partial charge in [-0.2, -0.15) is 0 Å². The third-order valence-electron chi connectivity index (χ3n) is 4.52. The van der Waals surface area contributed by atoms with Crippen LogP contribution in [0.3, 0.4) is 0 Å². The summed E-state index contributed by atoms with van der Waals surface area (Å²) in [6.45, 7) is 2.85. The maximum atomic E-state index is 11.6. The molecular weight excluding hydrogens is 288 g/mol. The molecule has 0 aromatic heterocycles. The zero-order valence-electron chi connectivity index (χ0n) is 13.0. The second kappa shape index (κ2) is 5.92. The van der Waals surface area contributed by atoms with Gasteiger partial charge in [0.1, 0.15) is 0 Å². The highest BCUT2D eigenvalue weighted by molar-refractivity contribution is 5.62. The molecule has 2 aliphatic heterocycles. The summed E-state index contributed by atoms with van der Waals surface area (Å²) >= 11 is 0. The van der Waals surface area contributed by atoms with E-state index in [2.05, 4.69) is 4.90 Å². The lowest BCUT2D eigenvalue weighted by Gasteiger charge is -2.44. The van der Waals surface area contributed by atoms with E-state index in [0.29, 0.717) is 23.7 Å². The Labute approximate surface area is 129 Å². The number of hydrogen-bond donors (Lipinski definition) is 1. The number of fused-ring (bicyclic) bond motifs is 2. The fourth-order valence-corrected chi connectivity index (χ4v) is 3.45. The lowest BCUT2D eigenvalue weighted by Crippen LogP contribution is -2.44. The third-order valence-corrected chi connectivity index (χ3v) is 4.52. The minimum absolute atomic E-state index is 0.0558. The number of hydrogen-bond acceptors (Lipinski definition) is 7. The van der Waals surface area contributed by atoms with E-state index in [1.54, 1.807) is 7.11 Å². The minimum Gasteiger partial charge on any atom is -0.762 e. The average Bonchev–Trinajstić information content (AvgIpc) is 2.95. The molecule has 3 rings (SSSR count). The van der Waals surface area contributed by atoms with Crippen molar-refractivity contribution in [3.8, 4) is 17.2 Å². The van der Waals surface area contributed by atoms with Crippen molar-refractivity contribution in [1.82, 2.24) is 10.1 Å². The summed E-state index contributed by atoms with van der Waals surface area (Å²) in [4.78, 5) is 2.07. The fourth-order valence-electron chi connectivity index (χ4n) is 3.45. The zero-order valence-corrected chi connectivity index (χ0v) is 13.0. The molecular formula is C15H21N2O5-. The van der Waals surface area contributed by atoms with E-state index >= 15 is 0 Å². The Morgan fingerprint density at radius 1 is 1.55 bits per heavy atom. The number of nitrogens with zero attached hydrogens (tertiary/aromatic N) is 2. The molecule has 22 heavy (non-hydrogen) atoms. The van der Waals surface area contributed by atoms with Gasteiger partial charge in [-0.1, -0.05) is 6.92 Å². The van der Waals surface area contributed by atoms with Crippen LogP contribution in [0, 0.1) is 5.21 Å². The lowest BCUT2D eigenvalue weighted by molar-refractivity contribution is -0.105. The van der Waals surface area contributed by atoms with Gasteiger partial charge in [0.05, 0.1) is 13.2 Å². The summed E-state index contributed by atoms with van der Waals surface area (Å²) in [7, 11) is 3.53. The van der Waals surface area contributed by atoms with Crippen molar-refractivity contribution in [3.63, 3.8) is 0 Å². The molecule has 1 N–H and O–H groups in total. The summed E-state index contributed by atoms with van der Waals surface area (Å²) in [6.07, 6.45) is 1.35. The van der Waals surface area contributed by atoms with Crippen LogP contribution < -0.4 is 14.2 Å². The van der Waals surface area contributed by atoms with Gasteiger partial charge in [0, 0.05) is 18.2 Å². The minimum atomic E-state index is -0.571. The van der Waals surface area contributed by atoms with Crippen LogP contribution in [0.15, 0.2) is 6.07 Å². The Kier molecular flexibility index (Phi) is 4.14. The number of hydroxylamine groups is 2. The van der Waals surface area contributed by atoms with Gasteiger partial charge in [0.15, 0.2) is 11.5 Å². The highest BCUT2D eigenvalue weighted by Gasteiger charge is 2.37. The first-order valence-electron chi connectivity index (χ1n) is 7.43. The topological polar surface area (TPSA) is 77.5 Å². The molecule has 1 aromatic carbocycles. The quantitative estimate of drug-likeness (QED) is 0.851. The normalized spacial score (nSPS) is 21.8. The zero-order chi connectivity index (χ0) is 15.9. The number of methoxy groups -OCH3 is 1. The van der Waals surface area contributed by atoms with Crippen LogP contribution in [-0.4, -0.2) is 48.9 Å². The van der Waals surface area contributed by atoms with Gasteiger partial charge in [0.25, 0.3) is 0 Å². The Bertz CT molecular complexity index is 563. The number of ether oxygens (including phenoxy) is 3. The van der Waals surface area contributed by atoms with Crippen molar-refractivity contribution in [3.05, 3.63) is 22.4 Å². The maximum absolute atomic E-state index is 11.6. The molecule has 0 radical (unpaired) electrons. The highest BCUT2D eigenvalue weighted by atomic mass is 16.8. The van der Waals surface area contributed by atoms with Crippen molar-refractivity contribution < 1.29 is 19.4 Å². The summed E-state index contributed by atoms with van der Waals surface area (Å²) in [5.41, 5.74) is 1.98. The van der Waals surface area contributed by atoms with E-state index in [4.69, 9.17) is 14.2 Å². The van der Waals surface area contributed by atoms with Gasteiger partial charge >= 0.3 is 0 Å². The molecule has 7 heteroatoms. The first kappa shape index (κ1) is 15.4. The van der Waals surface area contributed by atoms with Crippen molar-refractivity contribution in [2.24, 2.45) is 0 Å². The Hall–Kier alpha value is -1.54. The number of rotatable bonds is 4. The molecule has 0 unspecified atom stereocenters. The molecule has 1 aromatic rings. The summed E-state index contributed by atoms with van der Waals surface area (Å²) < 4.78 is 16.6. The van der Waals surface area contributed by atoms with Gasteiger partial charge in [-0.15, -0.1) is 0 Å². The van der Waals surface area contributed by atoms with Crippen LogP contribution in [0.4, 0.5) is 0 Å². The van der Waals surface area contributed by atoms with Crippen LogP contribution in [-0.2, 0) is 6.42 Å². The van der Waals surface area contributed by atoms with E-state index < -0.39 is 6.04 Å². The smallest absolute Gasteiger partial charge is 0.231 e. The van der Waals surface area contributed by atoms with Crippen LogP contribution in [0.25, 0.3) is 0 Å². The van der Waals surface area contributed by atoms with Gasteiger partial charge in [-0.25, -0.2) is 0 Å². The fraction of sp³-hybridized carbons (Fsp3) is 0.600. The molecule has 122 valence electrons. The Morgan fingerprint density at radius 3 is 2.95 bits per heavy atom. The van der Waals surface area contributed by atoms with Gasteiger partial charge < -0.3 is 24.6 Å². The first-order valence-corrected chi connectivity index (χ1v) is 7.43. The largest absolute Gasteiger partial charge is 0.762 e. The Morgan fingerprint density at radius 2 is 2.32 bits per heavy atom. The average molecular weight is 309 g/mol. The Balaban J connectivity index is 2.16.